The molecule has 0 radical (unpaired) electrons. The van der Waals surface area contributed by atoms with Crippen molar-refractivity contribution in [1.82, 2.24) is 19.6 Å². The number of aromatic nitrogens is 4. The quantitative estimate of drug-likeness (QED) is 0.769. The molecule has 6 nitrogen and oxygen atoms in total. The van der Waals surface area contributed by atoms with Crippen LogP contribution in [0, 0.1) is 0 Å². The Balaban J connectivity index is 1.74. The monoisotopic (exact) mass is 283 g/mol. The van der Waals surface area contributed by atoms with E-state index >= 15 is 0 Å². The van der Waals surface area contributed by atoms with Crippen LogP contribution in [0.1, 0.15) is 30.9 Å². The van der Waals surface area contributed by atoms with Gasteiger partial charge >= 0.3 is 0 Å². The standard InChI is InChI=1S/C15H17N5O/c1-10(2)12-5-3-11(4-6-12)9-17-14-18-15-16-8-7-13(21)20(15)19-14/h3-8,10H,9H2,1-2H3,(H2,16,17,18,19). The highest BCUT2D eigenvalue weighted by Gasteiger charge is 2.05. The normalized spacial score (nSPS) is 11.2. The highest BCUT2D eigenvalue weighted by molar-refractivity contribution is 5.37. The third kappa shape index (κ3) is 2.79. The Labute approximate surface area is 121 Å². The van der Waals surface area contributed by atoms with Crippen LogP contribution >= 0.6 is 0 Å². The largest absolute Gasteiger partial charge is 0.349 e. The molecule has 108 valence electrons. The van der Waals surface area contributed by atoms with Gasteiger partial charge < -0.3 is 10.3 Å². The molecule has 3 rings (SSSR count). The lowest BCUT2D eigenvalue weighted by Crippen LogP contribution is -2.12. The molecule has 6 heteroatoms. The van der Waals surface area contributed by atoms with Gasteiger partial charge in [-0.2, -0.15) is 9.50 Å². The van der Waals surface area contributed by atoms with E-state index in [1.54, 1.807) is 6.20 Å². The van der Waals surface area contributed by atoms with Crippen LogP contribution in [0.25, 0.3) is 5.78 Å². The first-order valence-electron chi connectivity index (χ1n) is 6.90. The maximum atomic E-state index is 11.6. The average molecular weight is 283 g/mol. The second-order valence-electron chi connectivity index (χ2n) is 5.24. The third-order valence-electron chi connectivity index (χ3n) is 3.35. The summed E-state index contributed by atoms with van der Waals surface area (Å²) in [6, 6.07) is 9.84. The summed E-state index contributed by atoms with van der Waals surface area (Å²) in [6.45, 7) is 4.96. The summed E-state index contributed by atoms with van der Waals surface area (Å²) >= 11 is 0. The second-order valence-corrected chi connectivity index (χ2v) is 5.24. The molecule has 0 saturated carbocycles. The average Bonchev–Trinajstić information content (AvgIpc) is 2.90. The molecule has 1 aromatic carbocycles. The Morgan fingerprint density at radius 2 is 2.00 bits per heavy atom. The van der Waals surface area contributed by atoms with Crippen LogP contribution in [0.5, 0.6) is 0 Å². The Hall–Kier alpha value is -2.63. The smallest absolute Gasteiger partial charge is 0.275 e. The van der Waals surface area contributed by atoms with Crippen molar-refractivity contribution in [3.05, 3.63) is 58.0 Å². The number of hydrogen-bond acceptors (Lipinski definition) is 4. The van der Waals surface area contributed by atoms with Gasteiger partial charge in [0.1, 0.15) is 0 Å². The molecule has 0 fully saturated rings. The van der Waals surface area contributed by atoms with Gasteiger partial charge in [0.05, 0.1) is 0 Å². The van der Waals surface area contributed by atoms with E-state index in [0.717, 1.165) is 5.56 Å². The third-order valence-corrected chi connectivity index (χ3v) is 3.35. The van der Waals surface area contributed by atoms with E-state index in [-0.39, 0.29) is 5.56 Å². The summed E-state index contributed by atoms with van der Waals surface area (Å²) in [5, 5.41) is 7.25. The van der Waals surface area contributed by atoms with Crippen molar-refractivity contribution in [2.45, 2.75) is 26.3 Å². The number of H-pyrrole nitrogens is 1. The van der Waals surface area contributed by atoms with E-state index in [9.17, 15) is 4.79 Å². The maximum absolute atomic E-state index is 11.6. The Morgan fingerprint density at radius 3 is 2.67 bits per heavy atom. The van der Waals surface area contributed by atoms with Crippen LogP contribution in [0.15, 0.2) is 41.3 Å². The van der Waals surface area contributed by atoms with E-state index in [2.05, 4.69) is 58.5 Å². The lowest BCUT2D eigenvalue weighted by atomic mass is 10.0. The number of nitrogens with zero attached hydrogens (tertiary/aromatic N) is 3. The summed E-state index contributed by atoms with van der Waals surface area (Å²) in [7, 11) is 0. The van der Waals surface area contributed by atoms with Gasteiger partial charge in [-0.25, -0.2) is 0 Å². The van der Waals surface area contributed by atoms with Crippen molar-refractivity contribution >= 4 is 11.7 Å². The number of aromatic amines is 1. The molecule has 2 N–H and O–H groups in total. The van der Waals surface area contributed by atoms with Gasteiger partial charge in [0.2, 0.25) is 11.7 Å². The number of fused-ring (bicyclic) bond motifs is 1. The van der Waals surface area contributed by atoms with E-state index in [1.165, 1.54) is 16.1 Å². The molecule has 2 heterocycles. The van der Waals surface area contributed by atoms with Crippen molar-refractivity contribution in [1.29, 1.82) is 0 Å². The summed E-state index contributed by atoms with van der Waals surface area (Å²) in [6.07, 6.45) is 1.56. The first-order chi connectivity index (χ1) is 10.1. The van der Waals surface area contributed by atoms with Crippen molar-refractivity contribution < 1.29 is 0 Å². The lowest BCUT2D eigenvalue weighted by molar-refractivity contribution is 0.864. The molecule has 0 unspecified atom stereocenters. The second kappa shape index (κ2) is 5.40. The molecular formula is C15H17N5O. The van der Waals surface area contributed by atoms with Crippen LogP contribution in [0.3, 0.4) is 0 Å². The van der Waals surface area contributed by atoms with Crippen LogP contribution in [-0.2, 0) is 6.54 Å². The van der Waals surface area contributed by atoms with Gasteiger partial charge in [0, 0.05) is 18.8 Å². The van der Waals surface area contributed by atoms with Gasteiger partial charge in [-0.05, 0) is 17.0 Å². The Kier molecular flexibility index (Phi) is 3.43. The molecule has 0 spiro atoms. The fraction of sp³-hybridized carbons (Fsp3) is 0.267. The fourth-order valence-electron chi connectivity index (χ4n) is 2.09. The van der Waals surface area contributed by atoms with E-state index in [4.69, 9.17) is 0 Å². The molecule has 0 atom stereocenters. The molecule has 21 heavy (non-hydrogen) atoms. The summed E-state index contributed by atoms with van der Waals surface area (Å²) in [5.74, 6) is 1.39. The number of hydrogen-bond donors (Lipinski definition) is 2. The first-order valence-corrected chi connectivity index (χ1v) is 6.90. The van der Waals surface area contributed by atoms with Crippen molar-refractivity contribution in [3.63, 3.8) is 0 Å². The Morgan fingerprint density at radius 1 is 1.24 bits per heavy atom. The van der Waals surface area contributed by atoms with Crippen molar-refractivity contribution in [2.75, 3.05) is 5.32 Å². The number of benzene rings is 1. The van der Waals surface area contributed by atoms with Crippen LogP contribution < -0.4 is 10.9 Å². The molecular weight excluding hydrogens is 266 g/mol. The summed E-state index contributed by atoms with van der Waals surface area (Å²) < 4.78 is 1.24. The highest BCUT2D eigenvalue weighted by atomic mass is 16.1. The fourth-order valence-corrected chi connectivity index (χ4v) is 2.09. The van der Waals surface area contributed by atoms with Crippen LogP contribution in [0.4, 0.5) is 5.95 Å². The first kappa shape index (κ1) is 13.4. The van der Waals surface area contributed by atoms with Crippen LogP contribution in [0.2, 0.25) is 0 Å². The molecule has 0 aliphatic carbocycles. The van der Waals surface area contributed by atoms with Gasteiger partial charge in [0.25, 0.3) is 5.56 Å². The highest BCUT2D eigenvalue weighted by Crippen LogP contribution is 2.15. The number of nitrogens with one attached hydrogen (secondary N) is 2. The molecule has 0 aliphatic rings. The van der Waals surface area contributed by atoms with Gasteiger partial charge in [-0.15, -0.1) is 5.10 Å². The number of rotatable bonds is 4. The van der Waals surface area contributed by atoms with Crippen LogP contribution in [-0.4, -0.2) is 19.6 Å². The topological polar surface area (TPSA) is 75.1 Å². The maximum Gasteiger partial charge on any atom is 0.275 e. The molecule has 0 bridgehead atoms. The summed E-state index contributed by atoms with van der Waals surface area (Å²) in [4.78, 5) is 18.7. The molecule has 3 aromatic rings. The minimum Gasteiger partial charge on any atom is -0.349 e. The minimum atomic E-state index is -0.203. The predicted octanol–water partition coefficient (Wildman–Crippen LogP) is 2.15. The molecule has 0 saturated heterocycles. The molecule has 0 amide bonds. The summed E-state index contributed by atoms with van der Waals surface area (Å²) in [5.41, 5.74) is 2.25. The van der Waals surface area contributed by atoms with Crippen molar-refractivity contribution in [3.8, 4) is 0 Å². The molecule has 2 aromatic heterocycles. The van der Waals surface area contributed by atoms with E-state index in [1.807, 2.05) is 0 Å². The molecule has 0 aliphatic heterocycles. The zero-order valence-electron chi connectivity index (χ0n) is 12.0. The lowest BCUT2D eigenvalue weighted by Gasteiger charge is -2.07. The van der Waals surface area contributed by atoms with E-state index < -0.39 is 0 Å². The SMILES string of the molecule is CC(C)c1ccc(CNc2nc3[nH]ccc(=O)n3n2)cc1. The van der Waals surface area contributed by atoms with Gasteiger partial charge in [-0.3, -0.25) is 4.79 Å². The van der Waals surface area contributed by atoms with Gasteiger partial charge in [0.15, 0.2) is 0 Å². The minimum absolute atomic E-state index is 0.203. The van der Waals surface area contributed by atoms with E-state index in [0.29, 0.717) is 24.2 Å². The Bertz CT molecular complexity index is 801. The predicted molar refractivity (Wildman–Crippen MR) is 81.5 cm³/mol. The zero-order valence-corrected chi connectivity index (χ0v) is 12.0. The zero-order chi connectivity index (χ0) is 14.8. The number of anilines is 1. The van der Waals surface area contributed by atoms with Gasteiger partial charge in [-0.1, -0.05) is 38.1 Å². The van der Waals surface area contributed by atoms with Crippen molar-refractivity contribution in [2.24, 2.45) is 0 Å².